The molecule has 2 rings (SSSR count). The molecule has 4 nitrogen and oxygen atoms in total. The average Bonchev–Trinajstić information content (AvgIpc) is 3.07. The molecular weight excluding hydrogens is 230 g/mol. The van der Waals surface area contributed by atoms with Gasteiger partial charge in [-0.2, -0.15) is 0 Å². The van der Waals surface area contributed by atoms with Crippen LogP contribution in [0, 0.1) is 11.8 Å². The summed E-state index contributed by atoms with van der Waals surface area (Å²) in [6.07, 6.45) is 1.19. The van der Waals surface area contributed by atoms with Gasteiger partial charge in [0.05, 0.1) is 0 Å². The van der Waals surface area contributed by atoms with Crippen LogP contribution in [0.5, 0.6) is 0 Å². The van der Waals surface area contributed by atoms with Crippen molar-refractivity contribution in [3.05, 3.63) is 35.9 Å². The Bertz CT molecular complexity index is 444. The van der Waals surface area contributed by atoms with E-state index in [0.29, 0.717) is 12.3 Å². The lowest BCUT2D eigenvalue weighted by atomic mass is 10.1. The van der Waals surface area contributed by atoms with E-state index in [1.165, 1.54) is 0 Å². The van der Waals surface area contributed by atoms with Crippen LogP contribution >= 0.6 is 0 Å². The van der Waals surface area contributed by atoms with Crippen LogP contribution in [-0.4, -0.2) is 23.0 Å². The summed E-state index contributed by atoms with van der Waals surface area (Å²) in [4.78, 5) is 22.9. The first-order valence-electron chi connectivity index (χ1n) is 6.15. The van der Waals surface area contributed by atoms with E-state index in [2.05, 4.69) is 5.32 Å². The van der Waals surface area contributed by atoms with Crippen molar-refractivity contribution >= 4 is 11.9 Å². The fourth-order valence-electron chi connectivity index (χ4n) is 2.02. The van der Waals surface area contributed by atoms with Gasteiger partial charge in [-0.1, -0.05) is 37.3 Å². The Morgan fingerprint density at radius 2 is 2.00 bits per heavy atom. The van der Waals surface area contributed by atoms with Crippen molar-refractivity contribution in [3.8, 4) is 0 Å². The highest BCUT2D eigenvalue weighted by molar-refractivity contribution is 5.86. The van der Waals surface area contributed by atoms with Gasteiger partial charge in [-0.15, -0.1) is 0 Å². The third-order valence-corrected chi connectivity index (χ3v) is 3.34. The number of carbonyl (C=O) groups excluding carboxylic acids is 1. The molecule has 1 saturated carbocycles. The number of nitrogens with one attached hydrogen (secondary N) is 1. The molecule has 1 aromatic rings. The van der Waals surface area contributed by atoms with Gasteiger partial charge in [0.1, 0.15) is 6.04 Å². The van der Waals surface area contributed by atoms with Crippen LogP contribution in [0.2, 0.25) is 0 Å². The maximum Gasteiger partial charge on any atom is 0.326 e. The highest BCUT2D eigenvalue weighted by atomic mass is 16.4. The van der Waals surface area contributed by atoms with Crippen LogP contribution in [0.15, 0.2) is 30.3 Å². The minimum Gasteiger partial charge on any atom is -0.480 e. The molecule has 18 heavy (non-hydrogen) atoms. The molecular formula is C14H17NO3. The van der Waals surface area contributed by atoms with Gasteiger partial charge in [0.2, 0.25) is 5.91 Å². The number of carboxylic acids is 1. The van der Waals surface area contributed by atoms with Gasteiger partial charge >= 0.3 is 5.97 Å². The zero-order valence-corrected chi connectivity index (χ0v) is 10.3. The Labute approximate surface area is 106 Å². The predicted octanol–water partition coefficient (Wildman–Crippen LogP) is 1.45. The first-order valence-corrected chi connectivity index (χ1v) is 6.15. The minimum absolute atomic E-state index is 0.00243. The van der Waals surface area contributed by atoms with Crippen LogP contribution in [0.1, 0.15) is 18.9 Å². The van der Waals surface area contributed by atoms with E-state index in [0.717, 1.165) is 12.0 Å². The van der Waals surface area contributed by atoms with Gasteiger partial charge in [0.25, 0.3) is 0 Å². The maximum absolute atomic E-state index is 11.7. The van der Waals surface area contributed by atoms with Gasteiger partial charge in [-0.3, -0.25) is 4.79 Å². The summed E-state index contributed by atoms with van der Waals surface area (Å²) >= 11 is 0. The van der Waals surface area contributed by atoms with Crippen LogP contribution in [0.25, 0.3) is 0 Å². The van der Waals surface area contributed by atoms with Crippen molar-refractivity contribution in [1.82, 2.24) is 5.32 Å². The molecule has 2 N–H and O–H groups in total. The van der Waals surface area contributed by atoms with E-state index >= 15 is 0 Å². The number of carboxylic acid groups (broad SMARTS) is 1. The lowest BCUT2D eigenvalue weighted by molar-refractivity contribution is -0.142. The number of aliphatic carboxylic acids is 1. The molecule has 0 aromatic heterocycles. The third kappa shape index (κ3) is 3.09. The molecule has 1 fully saturated rings. The normalized spacial score (nSPS) is 23.2. The van der Waals surface area contributed by atoms with Crippen molar-refractivity contribution in [2.75, 3.05) is 0 Å². The highest BCUT2D eigenvalue weighted by Crippen LogP contribution is 2.37. The largest absolute Gasteiger partial charge is 0.480 e. The van der Waals surface area contributed by atoms with Crippen molar-refractivity contribution < 1.29 is 14.7 Å². The lowest BCUT2D eigenvalue weighted by Gasteiger charge is -2.14. The number of carbonyl (C=O) groups is 2. The minimum atomic E-state index is -0.986. The van der Waals surface area contributed by atoms with Gasteiger partial charge in [-0.05, 0) is 17.9 Å². The monoisotopic (exact) mass is 247 g/mol. The molecule has 1 amide bonds. The molecule has 3 atom stereocenters. The molecule has 1 aliphatic carbocycles. The van der Waals surface area contributed by atoms with Crippen molar-refractivity contribution in [1.29, 1.82) is 0 Å². The fourth-order valence-corrected chi connectivity index (χ4v) is 2.02. The van der Waals surface area contributed by atoms with E-state index < -0.39 is 12.0 Å². The number of amides is 1. The summed E-state index contributed by atoms with van der Waals surface area (Å²) in [6, 6.07) is 8.48. The zero-order valence-electron chi connectivity index (χ0n) is 10.3. The number of rotatable bonds is 5. The van der Waals surface area contributed by atoms with Crippen LogP contribution < -0.4 is 5.32 Å². The third-order valence-electron chi connectivity index (χ3n) is 3.34. The summed E-state index contributed by atoms with van der Waals surface area (Å²) in [6.45, 7) is 2.00. The second-order valence-corrected chi connectivity index (χ2v) is 4.91. The Kier molecular flexibility index (Phi) is 3.65. The van der Waals surface area contributed by atoms with Gasteiger partial charge in [-0.25, -0.2) is 4.79 Å². The molecule has 1 aromatic carbocycles. The molecule has 1 aliphatic rings. The van der Waals surface area contributed by atoms with E-state index in [1.807, 2.05) is 37.3 Å². The summed E-state index contributed by atoms with van der Waals surface area (Å²) < 4.78 is 0. The topological polar surface area (TPSA) is 66.4 Å². The SMILES string of the molecule is C[C@@H]1C[C@H]1C(=O)N[C@H](Cc1ccccc1)C(=O)O. The quantitative estimate of drug-likeness (QED) is 0.827. The van der Waals surface area contributed by atoms with Crippen LogP contribution in [-0.2, 0) is 16.0 Å². The van der Waals surface area contributed by atoms with E-state index in [9.17, 15) is 9.59 Å². The molecule has 96 valence electrons. The second-order valence-electron chi connectivity index (χ2n) is 4.91. The summed E-state index contributed by atoms with van der Waals surface area (Å²) in [5.41, 5.74) is 0.911. The number of hydrogen-bond donors (Lipinski definition) is 2. The Morgan fingerprint density at radius 1 is 1.39 bits per heavy atom. The standard InChI is InChI=1S/C14H17NO3/c1-9-7-11(9)13(16)15-12(14(17)18)8-10-5-3-2-4-6-10/h2-6,9,11-12H,7-8H2,1H3,(H,15,16)(H,17,18)/t9-,11-,12-/m1/s1. The van der Waals surface area contributed by atoms with Crippen LogP contribution in [0.3, 0.4) is 0 Å². The average molecular weight is 247 g/mol. The van der Waals surface area contributed by atoms with Crippen LogP contribution in [0.4, 0.5) is 0 Å². The fraction of sp³-hybridized carbons (Fsp3) is 0.429. The van der Waals surface area contributed by atoms with E-state index in [-0.39, 0.29) is 11.8 Å². The Morgan fingerprint density at radius 3 is 2.50 bits per heavy atom. The summed E-state index contributed by atoms with van der Waals surface area (Å²) in [5, 5.41) is 11.8. The smallest absolute Gasteiger partial charge is 0.326 e. The molecule has 0 bridgehead atoms. The molecule has 0 aliphatic heterocycles. The first kappa shape index (κ1) is 12.6. The Balaban J connectivity index is 1.96. The first-order chi connectivity index (χ1) is 8.58. The maximum atomic E-state index is 11.7. The van der Waals surface area contributed by atoms with Crippen molar-refractivity contribution in [3.63, 3.8) is 0 Å². The predicted molar refractivity (Wildman–Crippen MR) is 67.0 cm³/mol. The highest BCUT2D eigenvalue weighted by Gasteiger charge is 2.40. The van der Waals surface area contributed by atoms with Crippen molar-refractivity contribution in [2.45, 2.75) is 25.8 Å². The summed E-state index contributed by atoms with van der Waals surface area (Å²) in [7, 11) is 0. The molecule has 0 spiro atoms. The molecule has 0 saturated heterocycles. The molecule has 4 heteroatoms. The number of benzene rings is 1. The second kappa shape index (κ2) is 5.21. The molecule has 0 unspecified atom stereocenters. The molecule has 0 radical (unpaired) electrons. The van der Waals surface area contributed by atoms with Gasteiger partial charge in [0, 0.05) is 12.3 Å². The zero-order chi connectivity index (χ0) is 13.1. The van der Waals surface area contributed by atoms with Crippen molar-refractivity contribution in [2.24, 2.45) is 11.8 Å². The van der Waals surface area contributed by atoms with E-state index in [1.54, 1.807) is 0 Å². The van der Waals surface area contributed by atoms with Gasteiger partial charge in [0.15, 0.2) is 0 Å². The van der Waals surface area contributed by atoms with E-state index in [4.69, 9.17) is 5.11 Å². The Hall–Kier alpha value is -1.84. The summed E-state index contributed by atoms with van der Waals surface area (Å²) in [5.74, 6) is -0.731. The van der Waals surface area contributed by atoms with Gasteiger partial charge < -0.3 is 10.4 Å². The lowest BCUT2D eigenvalue weighted by Crippen LogP contribution is -2.43. The number of hydrogen-bond acceptors (Lipinski definition) is 2. The molecule has 0 heterocycles.